The summed E-state index contributed by atoms with van der Waals surface area (Å²) < 4.78 is 4.35. The molecule has 0 radical (unpaired) electrons. The number of para-hydroxylation sites is 2. The monoisotopic (exact) mass is 222 g/mol. The highest BCUT2D eigenvalue weighted by molar-refractivity contribution is 5.75. The minimum atomic E-state index is 0.531. The Morgan fingerprint density at radius 3 is 2.82 bits per heavy atom. The van der Waals surface area contributed by atoms with Crippen molar-refractivity contribution >= 4 is 16.7 Å². The van der Waals surface area contributed by atoms with Gasteiger partial charge in [-0.25, -0.2) is 4.57 Å². The highest BCUT2D eigenvalue weighted by Gasteiger charge is 2.16. The Hall–Kier alpha value is -2.34. The van der Waals surface area contributed by atoms with Crippen molar-refractivity contribution in [3.8, 4) is 6.07 Å². The number of benzene rings is 1. The number of hydrogen-bond donors (Lipinski definition) is 0. The maximum atomic E-state index is 8.74. The Bertz CT molecular complexity index is 666. The van der Waals surface area contributed by atoms with Crippen LogP contribution in [0.3, 0.4) is 0 Å². The van der Waals surface area contributed by atoms with Crippen LogP contribution in [0.1, 0.15) is 6.42 Å². The fourth-order valence-corrected chi connectivity index (χ4v) is 2.27. The van der Waals surface area contributed by atoms with Crippen LogP contribution in [-0.2, 0) is 6.54 Å². The van der Waals surface area contributed by atoms with E-state index < -0.39 is 0 Å². The van der Waals surface area contributed by atoms with E-state index in [2.05, 4.69) is 39.4 Å². The third kappa shape index (κ3) is 1.46. The van der Waals surface area contributed by atoms with Crippen LogP contribution < -0.4 is 4.57 Å². The molecule has 0 fully saturated rings. The molecule has 0 aliphatic rings. The molecule has 1 aromatic carbocycles. The molecule has 0 amide bonds. The van der Waals surface area contributed by atoms with Gasteiger partial charge in [0.1, 0.15) is 6.54 Å². The van der Waals surface area contributed by atoms with Gasteiger partial charge in [0.2, 0.25) is 0 Å². The van der Waals surface area contributed by atoms with Crippen molar-refractivity contribution in [2.24, 2.45) is 0 Å². The first-order valence-electron chi connectivity index (χ1n) is 5.66. The van der Waals surface area contributed by atoms with Crippen LogP contribution in [0.15, 0.2) is 48.7 Å². The molecule has 0 saturated carbocycles. The summed E-state index contributed by atoms with van der Waals surface area (Å²) >= 11 is 0. The fraction of sp³-hybridized carbons (Fsp3) is 0.143. The summed E-state index contributed by atoms with van der Waals surface area (Å²) in [5.74, 6) is 0. The van der Waals surface area contributed by atoms with Crippen LogP contribution in [0.5, 0.6) is 0 Å². The lowest BCUT2D eigenvalue weighted by atomic mass is 10.3. The van der Waals surface area contributed by atoms with Crippen LogP contribution in [0.25, 0.3) is 16.7 Å². The summed E-state index contributed by atoms with van der Waals surface area (Å²) in [7, 11) is 0. The smallest absolute Gasteiger partial charge is 0.222 e. The lowest BCUT2D eigenvalue weighted by Crippen LogP contribution is -2.33. The molecule has 0 aliphatic carbocycles. The van der Waals surface area contributed by atoms with Gasteiger partial charge in [0.25, 0.3) is 5.65 Å². The number of nitriles is 1. The van der Waals surface area contributed by atoms with Gasteiger partial charge < -0.3 is 0 Å². The standard InChI is InChI=1S/C14H12N3/c15-9-5-11-17-13-7-2-1-6-12(13)16-10-4-3-8-14(16)17/h1-4,6-8,10H,5,11H2/q+1. The number of imidazole rings is 1. The van der Waals surface area contributed by atoms with E-state index in [1.165, 1.54) is 11.0 Å². The molecule has 2 aromatic heterocycles. The summed E-state index contributed by atoms with van der Waals surface area (Å²) in [6.07, 6.45) is 2.59. The first kappa shape index (κ1) is 9.86. The summed E-state index contributed by atoms with van der Waals surface area (Å²) in [4.78, 5) is 0. The second-order valence-corrected chi connectivity index (χ2v) is 3.98. The predicted molar refractivity (Wildman–Crippen MR) is 65.3 cm³/mol. The summed E-state index contributed by atoms with van der Waals surface area (Å²) in [6.45, 7) is 0.734. The third-order valence-electron chi connectivity index (χ3n) is 2.99. The first-order chi connectivity index (χ1) is 8.42. The second-order valence-electron chi connectivity index (χ2n) is 3.98. The van der Waals surface area contributed by atoms with E-state index >= 15 is 0 Å². The fourth-order valence-electron chi connectivity index (χ4n) is 2.27. The molecular weight excluding hydrogens is 210 g/mol. The van der Waals surface area contributed by atoms with Gasteiger partial charge in [0, 0.05) is 6.07 Å². The summed E-state index contributed by atoms with van der Waals surface area (Å²) in [6, 6.07) is 16.6. The van der Waals surface area contributed by atoms with E-state index in [9.17, 15) is 0 Å². The number of pyridine rings is 1. The molecule has 0 saturated heterocycles. The average molecular weight is 222 g/mol. The van der Waals surface area contributed by atoms with Gasteiger partial charge >= 0.3 is 0 Å². The maximum Gasteiger partial charge on any atom is 0.287 e. The number of nitrogens with zero attached hydrogens (tertiary/aromatic N) is 3. The molecule has 3 nitrogen and oxygen atoms in total. The molecule has 0 N–H and O–H groups in total. The van der Waals surface area contributed by atoms with Crippen molar-refractivity contribution in [3.05, 3.63) is 48.7 Å². The van der Waals surface area contributed by atoms with Gasteiger partial charge in [-0.15, -0.1) is 0 Å². The average Bonchev–Trinajstić information content (AvgIpc) is 2.71. The van der Waals surface area contributed by atoms with E-state index in [0.29, 0.717) is 6.42 Å². The molecule has 3 aromatic rings. The molecule has 3 heteroatoms. The molecule has 82 valence electrons. The Balaban J connectivity index is 2.38. The van der Waals surface area contributed by atoms with Crippen LogP contribution in [-0.4, -0.2) is 4.40 Å². The Morgan fingerprint density at radius 1 is 1.12 bits per heavy atom. The second kappa shape index (κ2) is 3.91. The maximum absolute atomic E-state index is 8.74. The minimum Gasteiger partial charge on any atom is -0.222 e. The molecule has 3 rings (SSSR count). The predicted octanol–water partition coefficient (Wildman–Crippen LogP) is 2.29. The number of rotatable bonds is 2. The van der Waals surface area contributed by atoms with E-state index in [4.69, 9.17) is 5.26 Å². The van der Waals surface area contributed by atoms with E-state index in [1.807, 2.05) is 24.3 Å². The summed E-state index contributed by atoms with van der Waals surface area (Å²) in [5.41, 5.74) is 3.49. The zero-order chi connectivity index (χ0) is 11.7. The van der Waals surface area contributed by atoms with Crippen molar-refractivity contribution in [2.75, 3.05) is 0 Å². The van der Waals surface area contributed by atoms with E-state index in [0.717, 1.165) is 12.2 Å². The van der Waals surface area contributed by atoms with Crippen molar-refractivity contribution in [2.45, 2.75) is 13.0 Å². The first-order valence-corrected chi connectivity index (χ1v) is 5.66. The highest BCUT2D eigenvalue weighted by Crippen LogP contribution is 2.14. The molecule has 17 heavy (non-hydrogen) atoms. The SMILES string of the molecule is N#CCC[n+]1c2ccccc2n2ccccc21. The molecule has 0 bridgehead atoms. The zero-order valence-electron chi connectivity index (χ0n) is 9.37. The summed E-state index contributed by atoms with van der Waals surface area (Å²) in [5, 5.41) is 8.74. The molecule has 0 atom stereocenters. The third-order valence-corrected chi connectivity index (χ3v) is 2.99. The largest absolute Gasteiger partial charge is 0.287 e. The van der Waals surface area contributed by atoms with Crippen LogP contribution >= 0.6 is 0 Å². The van der Waals surface area contributed by atoms with Gasteiger partial charge in [-0.2, -0.15) is 9.66 Å². The van der Waals surface area contributed by atoms with Gasteiger partial charge in [0.05, 0.1) is 18.7 Å². The van der Waals surface area contributed by atoms with Gasteiger partial charge in [-0.3, -0.25) is 0 Å². The van der Waals surface area contributed by atoms with Crippen LogP contribution in [0.2, 0.25) is 0 Å². The molecule has 2 heterocycles. The highest BCUT2D eigenvalue weighted by atomic mass is 15.1. The zero-order valence-corrected chi connectivity index (χ0v) is 9.37. The quantitative estimate of drug-likeness (QED) is 0.612. The number of aryl methyl sites for hydroxylation is 1. The van der Waals surface area contributed by atoms with E-state index in [-0.39, 0.29) is 0 Å². The van der Waals surface area contributed by atoms with Crippen LogP contribution in [0.4, 0.5) is 0 Å². The number of aromatic nitrogens is 2. The lowest BCUT2D eigenvalue weighted by molar-refractivity contribution is -0.644. The Labute approximate surface area is 99.1 Å². The lowest BCUT2D eigenvalue weighted by Gasteiger charge is -1.93. The molecule has 0 unspecified atom stereocenters. The topological polar surface area (TPSA) is 32.1 Å². The number of hydrogen-bond acceptors (Lipinski definition) is 1. The normalized spacial score (nSPS) is 10.8. The molecular formula is C14H12N3+. The Morgan fingerprint density at radius 2 is 1.94 bits per heavy atom. The van der Waals surface area contributed by atoms with E-state index in [1.54, 1.807) is 0 Å². The van der Waals surface area contributed by atoms with Crippen molar-refractivity contribution < 1.29 is 4.57 Å². The van der Waals surface area contributed by atoms with Gasteiger partial charge in [0.15, 0.2) is 11.0 Å². The van der Waals surface area contributed by atoms with Crippen molar-refractivity contribution in [3.63, 3.8) is 0 Å². The minimum absolute atomic E-state index is 0.531. The number of fused-ring (bicyclic) bond motifs is 3. The molecule has 0 spiro atoms. The van der Waals surface area contributed by atoms with Crippen molar-refractivity contribution in [1.29, 1.82) is 5.26 Å². The van der Waals surface area contributed by atoms with Gasteiger partial charge in [-0.1, -0.05) is 18.2 Å². The van der Waals surface area contributed by atoms with Crippen LogP contribution in [0, 0.1) is 11.3 Å². The van der Waals surface area contributed by atoms with Crippen molar-refractivity contribution in [1.82, 2.24) is 4.40 Å². The Kier molecular flexibility index (Phi) is 2.27. The van der Waals surface area contributed by atoms with Gasteiger partial charge in [-0.05, 0) is 18.2 Å². The molecule has 0 aliphatic heterocycles.